The van der Waals surface area contributed by atoms with Gasteiger partial charge in [-0.3, -0.25) is 9.59 Å². The molecule has 0 aliphatic carbocycles. The number of para-hydroxylation sites is 1. The summed E-state index contributed by atoms with van der Waals surface area (Å²) in [4.78, 5) is 39.4. The predicted octanol–water partition coefficient (Wildman–Crippen LogP) is 4.33. The summed E-state index contributed by atoms with van der Waals surface area (Å²) in [7, 11) is 1.46. The number of hydrogen-bond acceptors (Lipinski definition) is 5. The average Bonchev–Trinajstić information content (AvgIpc) is 2.70. The van der Waals surface area contributed by atoms with Gasteiger partial charge in [0.25, 0.3) is 5.91 Å². The van der Waals surface area contributed by atoms with Crippen molar-refractivity contribution < 1.29 is 24.2 Å². The van der Waals surface area contributed by atoms with Gasteiger partial charge >= 0.3 is 6.09 Å². The molecule has 0 bridgehead atoms. The molecule has 0 saturated carbocycles. The minimum Gasteiger partial charge on any atom is -0.508 e. The summed E-state index contributed by atoms with van der Waals surface area (Å²) in [5.74, 6) is -0.938. The van der Waals surface area contributed by atoms with Crippen molar-refractivity contribution in [3.63, 3.8) is 0 Å². The second-order valence-corrected chi connectivity index (χ2v) is 9.14. The predicted molar refractivity (Wildman–Crippen MR) is 127 cm³/mol. The van der Waals surface area contributed by atoms with E-state index in [9.17, 15) is 19.5 Å². The fraction of sp³-hybridized carbons (Fsp3) is 0.375. The first-order valence-corrected chi connectivity index (χ1v) is 10.8. The van der Waals surface area contributed by atoms with Gasteiger partial charge in [0.05, 0.1) is 10.7 Å². The Bertz CT molecular complexity index is 1030. The Morgan fingerprint density at radius 1 is 1.12 bits per heavy atom. The Labute approximate surface area is 198 Å². The smallest absolute Gasteiger partial charge is 0.408 e. The number of carbonyl (C=O) groups is 3. The van der Waals surface area contributed by atoms with Crippen LogP contribution >= 0.6 is 11.6 Å². The zero-order valence-electron chi connectivity index (χ0n) is 19.7. The van der Waals surface area contributed by atoms with E-state index in [1.165, 1.54) is 18.0 Å². The maximum atomic E-state index is 13.3. The molecule has 3 amide bonds. The van der Waals surface area contributed by atoms with Crippen LogP contribution < -0.4 is 10.6 Å². The molecule has 33 heavy (non-hydrogen) atoms. The van der Waals surface area contributed by atoms with Crippen LogP contribution in [0.5, 0.6) is 5.75 Å². The number of hydrogen-bond donors (Lipinski definition) is 3. The first kappa shape index (κ1) is 26.0. The van der Waals surface area contributed by atoms with Gasteiger partial charge in [0.15, 0.2) is 0 Å². The third-order valence-electron chi connectivity index (χ3n) is 4.82. The monoisotopic (exact) mass is 475 g/mol. The van der Waals surface area contributed by atoms with Crippen molar-refractivity contribution >= 4 is 35.2 Å². The number of phenols is 1. The van der Waals surface area contributed by atoms with E-state index in [0.717, 1.165) is 5.56 Å². The first-order valence-electron chi connectivity index (χ1n) is 10.4. The van der Waals surface area contributed by atoms with Crippen LogP contribution in [-0.4, -0.2) is 47.1 Å². The number of rotatable bonds is 6. The number of ether oxygens (including phenoxy) is 1. The molecule has 2 rings (SSSR count). The normalized spacial score (nSPS) is 12.0. The van der Waals surface area contributed by atoms with Gasteiger partial charge in [0.2, 0.25) is 5.91 Å². The van der Waals surface area contributed by atoms with Crippen molar-refractivity contribution in [2.75, 3.05) is 18.9 Å². The van der Waals surface area contributed by atoms with Crippen LogP contribution in [0.2, 0.25) is 5.02 Å². The molecule has 3 N–H and O–H groups in total. The van der Waals surface area contributed by atoms with E-state index in [0.29, 0.717) is 21.8 Å². The molecule has 2 aromatic carbocycles. The lowest BCUT2D eigenvalue weighted by atomic mass is 10.0. The van der Waals surface area contributed by atoms with Gasteiger partial charge in [0.1, 0.15) is 23.9 Å². The number of aromatic hydroxyl groups is 1. The molecule has 0 aliphatic rings. The Kier molecular flexibility index (Phi) is 8.33. The zero-order chi connectivity index (χ0) is 24.9. The van der Waals surface area contributed by atoms with Gasteiger partial charge in [0, 0.05) is 7.05 Å². The summed E-state index contributed by atoms with van der Waals surface area (Å²) in [6.07, 6.45) is -0.738. The molecule has 0 heterocycles. The maximum absolute atomic E-state index is 13.3. The third-order valence-corrected chi connectivity index (χ3v) is 5.13. The number of likely N-dealkylation sites (N-methyl/N-ethyl adjacent to an activating group) is 1. The number of halogens is 1. The molecule has 0 fully saturated rings. The number of anilines is 1. The number of benzene rings is 2. The Hall–Kier alpha value is -3.26. The molecular formula is C24H30ClN3O5. The minimum atomic E-state index is -1.05. The lowest BCUT2D eigenvalue weighted by Crippen LogP contribution is -2.44. The van der Waals surface area contributed by atoms with Crippen molar-refractivity contribution in [2.24, 2.45) is 0 Å². The minimum absolute atomic E-state index is 0.0698. The molecule has 1 atom stereocenters. The Morgan fingerprint density at radius 3 is 2.36 bits per heavy atom. The largest absolute Gasteiger partial charge is 0.508 e. The van der Waals surface area contributed by atoms with Gasteiger partial charge in [-0.05, 0) is 69.5 Å². The molecule has 0 aromatic heterocycles. The first-order chi connectivity index (χ1) is 15.3. The molecular weight excluding hydrogens is 446 g/mol. The van der Waals surface area contributed by atoms with E-state index in [2.05, 4.69) is 10.6 Å². The molecule has 8 nitrogen and oxygen atoms in total. The summed E-state index contributed by atoms with van der Waals surface area (Å²) in [6, 6.07) is 8.84. The Balaban J connectivity index is 2.30. The molecule has 0 spiro atoms. The number of nitrogens with zero attached hydrogens (tertiary/aromatic N) is 1. The van der Waals surface area contributed by atoms with Gasteiger partial charge in [-0.1, -0.05) is 29.8 Å². The fourth-order valence-electron chi connectivity index (χ4n) is 3.11. The van der Waals surface area contributed by atoms with Crippen LogP contribution in [0.3, 0.4) is 0 Å². The van der Waals surface area contributed by atoms with Crippen molar-refractivity contribution in [1.29, 1.82) is 0 Å². The molecule has 9 heteroatoms. The quantitative estimate of drug-likeness (QED) is 0.576. The average molecular weight is 476 g/mol. The highest BCUT2D eigenvalue weighted by Crippen LogP contribution is 2.30. The van der Waals surface area contributed by atoms with Gasteiger partial charge in [-0.2, -0.15) is 0 Å². The van der Waals surface area contributed by atoms with Crippen molar-refractivity contribution in [3.05, 3.63) is 58.1 Å². The third kappa shape index (κ3) is 7.12. The molecule has 1 unspecified atom stereocenters. The number of nitrogens with one attached hydrogen (secondary N) is 2. The molecule has 0 radical (unpaired) electrons. The topological polar surface area (TPSA) is 108 Å². The van der Waals surface area contributed by atoms with Crippen molar-refractivity contribution in [2.45, 2.75) is 46.3 Å². The number of alkyl carbamates (subject to hydrolysis) is 1. The van der Waals surface area contributed by atoms with E-state index in [-0.39, 0.29) is 12.3 Å². The molecule has 178 valence electrons. The van der Waals surface area contributed by atoms with E-state index < -0.39 is 29.6 Å². The van der Waals surface area contributed by atoms with Crippen LogP contribution in [0.25, 0.3) is 0 Å². The van der Waals surface area contributed by atoms with E-state index in [1.54, 1.807) is 65.0 Å². The van der Waals surface area contributed by atoms with Crippen molar-refractivity contribution in [1.82, 2.24) is 10.2 Å². The highest BCUT2D eigenvalue weighted by Gasteiger charge is 2.30. The van der Waals surface area contributed by atoms with Crippen molar-refractivity contribution in [3.8, 4) is 5.75 Å². The second-order valence-electron chi connectivity index (χ2n) is 8.73. The summed E-state index contributed by atoms with van der Waals surface area (Å²) < 4.78 is 5.15. The standard InChI is InChI=1S/C24H30ClN3O5/c1-14-8-7-9-17(25)20(14)27-22(31)21(16-10-11-18(29)15(2)12-16)28(6)19(30)13-26-23(32)33-24(3,4)5/h7-12,21,29H,13H2,1-6H3,(H,26,32)(H,27,31). The molecule has 0 aliphatic heterocycles. The summed E-state index contributed by atoms with van der Waals surface area (Å²) in [5, 5.41) is 15.5. The van der Waals surface area contributed by atoms with Gasteiger partial charge in [-0.15, -0.1) is 0 Å². The van der Waals surface area contributed by atoms with Crippen LogP contribution in [0.15, 0.2) is 36.4 Å². The van der Waals surface area contributed by atoms with Crippen LogP contribution in [0.1, 0.15) is 43.5 Å². The van der Waals surface area contributed by atoms with Gasteiger partial charge < -0.3 is 25.4 Å². The van der Waals surface area contributed by atoms with Gasteiger partial charge in [-0.25, -0.2) is 4.79 Å². The summed E-state index contributed by atoms with van der Waals surface area (Å²) >= 11 is 6.26. The van der Waals surface area contributed by atoms with Crippen LogP contribution in [0, 0.1) is 13.8 Å². The van der Waals surface area contributed by atoms with E-state index >= 15 is 0 Å². The number of aryl methyl sites for hydroxylation is 2. The maximum Gasteiger partial charge on any atom is 0.408 e. The van der Waals surface area contributed by atoms with E-state index in [4.69, 9.17) is 16.3 Å². The van der Waals surface area contributed by atoms with E-state index in [1.807, 2.05) is 0 Å². The lowest BCUT2D eigenvalue weighted by Gasteiger charge is -2.29. The number of carbonyl (C=O) groups excluding carboxylic acids is 3. The summed E-state index contributed by atoms with van der Waals surface area (Å²) in [6.45, 7) is 8.27. The highest BCUT2D eigenvalue weighted by atomic mass is 35.5. The number of phenolic OH excluding ortho intramolecular Hbond substituents is 1. The fourth-order valence-corrected chi connectivity index (χ4v) is 3.38. The SMILES string of the molecule is Cc1cc(C(C(=O)Nc2c(C)cccc2Cl)N(C)C(=O)CNC(=O)OC(C)(C)C)ccc1O. The summed E-state index contributed by atoms with van der Waals surface area (Å²) in [5.41, 5.74) is 1.53. The Morgan fingerprint density at radius 2 is 1.79 bits per heavy atom. The molecule has 0 saturated heterocycles. The highest BCUT2D eigenvalue weighted by molar-refractivity contribution is 6.34. The zero-order valence-corrected chi connectivity index (χ0v) is 20.4. The molecule has 2 aromatic rings. The second kappa shape index (κ2) is 10.6. The van der Waals surface area contributed by atoms with Crippen LogP contribution in [-0.2, 0) is 14.3 Å². The number of amides is 3. The van der Waals surface area contributed by atoms with Crippen LogP contribution in [0.4, 0.5) is 10.5 Å². The lowest BCUT2D eigenvalue weighted by molar-refractivity contribution is -0.136.